The molecule has 0 aromatic carbocycles. The van der Waals surface area contributed by atoms with Crippen LogP contribution in [0.4, 0.5) is 8.78 Å². The number of rotatable bonds is 4. The molecule has 2 atom stereocenters. The highest BCUT2D eigenvalue weighted by Crippen LogP contribution is 2.30. The van der Waals surface area contributed by atoms with Gasteiger partial charge in [-0.25, -0.2) is 0 Å². The number of hydrogen-bond acceptors (Lipinski definition) is 4. The van der Waals surface area contributed by atoms with Crippen LogP contribution in [0.1, 0.15) is 34.3 Å². The molecule has 1 amide bonds. The minimum atomic E-state index is -2.93. The first kappa shape index (κ1) is 18.1. The van der Waals surface area contributed by atoms with Crippen molar-refractivity contribution in [1.29, 1.82) is 0 Å². The molecular weight excluding hydrogens is 322 g/mol. The molecule has 0 spiro atoms. The summed E-state index contributed by atoms with van der Waals surface area (Å²) in [5.74, 6) is -0.393. The number of nitrogens with one attached hydrogen (secondary N) is 2. The smallest absolute Gasteiger partial charge is 0.387 e. The lowest BCUT2D eigenvalue weighted by molar-refractivity contribution is -0.0498. The van der Waals surface area contributed by atoms with E-state index in [0.29, 0.717) is 0 Å². The summed E-state index contributed by atoms with van der Waals surface area (Å²) in [4.78, 5) is 13.2. The van der Waals surface area contributed by atoms with Gasteiger partial charge in [0.2, 0.25) is 0 Å². The first-order chi connectivity index (χ1) is 9.47. The Bertz CT molecular complexity index is 485. The predicted molar refractivity (Wildman–Crippen MR) is 80.9 cm³/mol. The van der Waals surface area contributed by atoms with Gasteiger partial charge >= 0.3 is 6.61 Å². The van der Waals surface area contributed by atoms with Crippen molar-refractivity contribution in [3.8, 4) is 5.75 Å². The zero-order valence-electron chi connectivity index (χ0n) is 11.8. The van der Waals surface area contributed by atoms with Gasteiger partial charge < -0.3 is 15.4 Å². The second kappa shape index (κ2) is 7.91. The molecule has 21 heavy (non-hydrogen) atoms. The maximum Gasteiger partial charge on any atom is 0.387 e. The van der Waals surface area contributed by atoms with Crippen LogP contribution in [-0.2, 0) is 0 Å². The van der Waals surface area contributed by atoms with Crippen LogP contribution < -0.4 is 15.4 Å². The van der Waals surface area contributed by atoms with E-state index in [4.69, 9.17) is 0 Å². The van der Waals surface area contributed by atoms with Gasteiger partial charge in [0, 0.05) is 17.0 Å². The molecule has 2 N–H and O–H groups in total. The maximum atomic E-state index is 12.3. The minimum Gasteiger partial charge on any atom is -0.433 e. The van der Waals surface area contributed by atoms with Gasteiger partial charge in [0.05, 0.1) is 0 Å². The number of amides is 1. The number of alkyl halides is 2. The van der Waals surface area contributed by atoms with E-state index in [-0.39, 0.29) is 41.0 Å². The van der Waals surface area contributed by atoms with Gasteiger partial charge in [0.15, 0.2) is 0 Å². The molecule has 2 rings (SSSR count). The topological polar surface area (TPSA) is 50.4 Å². The van der Waals surface area contributed by atoms with E-state index in [1.807, 2.05) is 6.92 Å². The van der Waals surface area contributed by atoms with Gasteiger partial charge in [-0.1, -0.05) is 0 Å². The summed E-state index contributed by atoms with van der Waals surface area (Å²) in [5.41, 5.74) is 0. The number of piperidine rings is 1. The summed E-state index contributed by atoms with van der Waals surface area (Å²) in [6.45, 7) is 1.77. The first-order valence-electron chi connectivity index (χ1n) is 6.57. The SMILES string of the molecule is Cc1cc(OC(F)F)c(C(=O)NC2CCCNC2C)s1.Cl. The first-order valence-corrected chi connectivity index (χ1v) is 7.38. The third-order valence-electron chi connectivity index (χ3n) is 3.32. The molecular formula is C13H19ClF2N2O2S. The Labute approximate surface area is 132 Å². The summed E-state index contributed by atoms with van der Waals surface area (Å²) in [7, 11) is 0. The number of halogens is 3. The second-order valence-corrected chi connectivity index (χ2v) is 6.15. The monoisotopic (exact) mass is 340 g/mol. The second-order valence-electron chi connectivity index (χ2n) is 4.89. The van der Waals surface area contributed by atoms with Crippen molar-refractivity contribution >= 4 is 29.7 Å². The largest absolute Gasteiger partial charge is 0.433 e. The van der Waals surface area contributed by atoms with Crippen LogP contribution in [0.5, 0.6) is 5.75 Å². The van der Waals surface area contributed by atoms with Crippen molar-refractivity contribution in [2.75, 3.05) is 6.54 Å². The van der Waals surface area contributed by atoms with Crippen LogP contribution >= 0.6 is 23.7 Å². The van der Waals surface area contributed by atoms with Crippen LogP contribution in [0.15, 0.2) is 6.07 Å². The molecule has 0 bridgehead atoms. The average Bonchev–Trinajstić information content (AvgIpc) is 2.72. The molecule has 0 aliphatic carbocycles. The third-order valence-corrected chi connectivity index (χ3v) is 4.35. The number of aryl methyl sites for hydroxylation is 1. The lowest BCUT2D eigenvalue weighted by Crippen LogP contribution is -2.51. The van der Waals surface area contributed by atoms with Gasteiger partial charge in [-0.15, -0.1) is 23.7 Å². The van der Waals surface area contributed by atoms with E-state index in [1.165, 1.54) is 6.07 Å². The van der Waals surface area contributed by atoms with Crippen LogP contribution in [0.25, 0.3) is 0 Å². The molecule has 1 aromatic heterocycles. The molecule has 0 saturated carbocycles. The van der Waals surface area contributed by atoms with E-state index >= 15 is 0 Å². The maximum absolute atomic E-state index is 12.3. The molecule has 4 nitrogen and oxygen atoms in total. The molecule has 120 valence electrons. The Morgan fingerprint density at radius 2 is 2.29 bits per heavy atom. The molecule has 0 radical (unpaired) electrons. The molecule has 1 saturated heterocycles. The summed E-state index contributed by atoms with van der Waals surface area (Å²) in [6, 6.07) is 1.65. The number of ether oxygens (including phenoxy) is 1. The fourth-order valence-corrected chi connectivity index (χ4v) is 3.15. The lowest BCUT2D eigenvalue weighted by atomic mass is 10.00. The molecule has 1 aromatic rings. The minimum absolute atomic E-state index is 0. The predicted octanol–water partition coefficient (Wildman–Crippen LogP) is 2.95. The number of thiophene rings is 1. The van der Waals surface area contributed by atoms with E-state index in [0.717, 1.165) is 35.6 Å². The standard InChI is InChI=1S/C13H18F2N2O2S.ClH/c1-7-6-10(19-13(14)15)11(20-7)12(18)17-9-4-3-5-16-8(9)2;/h6,8-9,13,16H,3-5H2,1-2H3,(H,17,18);1H. The summed E-state index contributed by atoms with van der Waals surface area (Å²) >= 11 is 1.16. The highest BCUT2D eigenvalue weighted by atomic mass is 35.5. The highest BCUT2D eigenvalue weighted by molar-refractivity contribution is 7.14. The molecule has 1 aliphatic rings. The van der Waals surface area contributed by atoms with E-state index in [2.05, 4.69) is 15.4 Å². The van der Waals surface area contributed by atoms with Crippen molar-refractivity contribution in [3.05, 3.63) is 15.8 Å². The Hall–Kier alpha value is -0.920. The zero-order chi connectivity index (χ0) is 14.7. The normalized spacial score (nSPS) is 21.8. The average molecular weight is 341 g/mol. The molecule has 2 unspecified atom stereocenters. The van der Waals surface area contributed by atoms with Gasteiger partial charge in [-0.3, -0.25) is 4.79 Å². The number of carbonyl (C=O) groups is 1. The fraction of sp³-hybridized carbons (Fsp3) is 0.615. The summed E-state index contributed by atoms with van der Waals surface area (Å²) in [6.07, 6.45) is 1.87. The number of carbonyl (C=O) groups excluding carboxylic acids is 1. The van der Waals surface area contributed by atoms with Crippen molar-refractivity contribution in [2.45, 2.75) is 45.4 Å². The van der Waals surface area contributed by atoms with Gasteiger partial charge in [-0.2, -0.15) is 8.78 Å². The summed E-state index contributed by atoms with van der Waals surface area (Å²) in [5, 5.41) is 6.17. The quantitative estimate of drug-likeness (QED) is 0.886. The third kappa shape index (κ3) is 4.79. The highest BCUT2D eigenvalue weighted by Gasteiger charge is 2.26. The zero-order valence-corrected chi connectivity index (χ0v) is 13.5. The van der Waals surface area contributed by atoms with Crippen molar-refractivity contribution in [3.63, 3.8) is 0 Å². The molecule has 1 fully saturated rings. The Morgan fingerprint density at radius 1 is 1.57 bits per heavy atom. The van der Waals surface area contributed by atoms with Crippen molar-refractivity contribution in [2.24, 2.45) is 0 Å². The Balaban J connectivity index is 0.00000220. The van der Waals surface area contributed by atoms with Crippen LogP contribution in [0.2, 0.25) is 0 Å². The fourth-order valence-electron chi connectivity index (χ4n) is 2.31. The summed E-state index contributed by atoms with van der Waals surface area (Å²) < 4.78 is 29.1. The van der Waals surface area contributed by atoms with Crippen molar-refractivity contribution in [1.82, 2.24) is 10.6 Å². The molecule has 1 aliphatic heterocycles. The van der Waals surface area contributed by atoms with Crippen LogP contribution in [0, 0.1) is 6.92 Å². The lowest BCUT2D eigenvalue weighted by Gasteiger charge is -2.30. The molecule has 8 heteroatoms. The van der Waals surface area contributed by atoms with Gasteiger partial charge in [-0.05, 0) is 39.3 Å². The van der Waals surface area contributed by atoms with Crippen LogP contribution in [0.3, 0.4) is 0 Å². The van der Waals surface area contributed by atoms with Gasteiger partial charge in [0.1, 0.15) is 10.6 Å². The van der Waals surface area contributed by atoms with Crippen LogP contribution in [-0.4, -0.2) is 31.1 Å². The van der Waals surface area contributed by atoms with E-state index in [1.54, 1.807) is 6.92 Å². The number of hydrogen-bond donors (Lipinski definition) is 2. The van der Waals surface area contributed by atoms with Gasteiger partial charge in [0.25, 0.3) is 5.91 Å². The van der Waals surface area contributed by atoms with E-state index < -0.39 is 6.61 Å². The van der Waals surface area contributed by atoms with E-state index in [9.17, 15) is 13.6 Å². The Morgan fingerprint density at radius 3 is 2.90 bits per heavy atom. The van der Waals surface area contributed by atoms with Crippen molar-refractivity contribution < 1.29 is 18.3 Å². The molecule has 2 heterocycles. The Kier molecular flexibility index (Phi) is 6.83.